The molecule has 2 atom stereocenters. The molecular formula is C21H23N7O8. The molecule has 0 spiro atoms. The Bertz CT molecular complexity index is 1240. The maximum Gasteiger partial charge on any atom is 0.326 e. The maximum atomic E-state index is 11.3. The number of rotatable bonds is 12. The lowest BCUT2D eigenvalue weighted by molar-refractivity contribution is -0.00131. The van der Waals surface area contributed by atoms with Gasteiger partial charge in [0.15, 0.2) is 11.5 Å². The minimum absolute atomic E-state index is 0.00104. The number of carbonyl (C=O) groups is 1. The summed E-state index contributed by atoms with van der Waals surface area (Å²) in [7, 11) is 0. The third-order valence-corrected chi connectivity index (χ3v) is 4.37. The van der Waals surface area contributed by atoms with Gasteiger partial charge >= 0.3 is 11.7 Å². The van der Waals surface area contributed by atoms with Gasteiger partial charge in [0, 0.05) is 12.3 Å². The summed E-state index contributed by atoms with van der Waals surface area (Å²) in [5, 5.41) is 35.3. The number of hydrogen-bond acceptors (Lipinski definition) is 11. The fraction of sp³-hybridized carbons (Fsp3) is 0.238. The van der Waals surface area contributed by atoms with Gasteiger partial charge in [0.1, 0.15) is 19.8 Å². The van der Waals surface area contributed by atoms with E-state index in [0.29, 0.717) is 5.56 Å². The number of aromatic amines is 2. The SMILES string of the molecule is O=C1NC=CC(/C=N/OCC(CO/N=C/c2ccc(O)c(O)c2)CO/N=C/c2cc(=O)[nH]c(=O)[nH]2)N1. The number of phenols is 2. The average Bonchev–Trinajstić information content (AvgIpc) is 2.83. The van der Waals surface area contributed by atoms with Crippen molar-refractivity contribution in [1.29, 1.82) is 0 Å². The first-order chi connectivity index (χ1) is 17.4. The van der Waals surface area contributed by atoms with Crippen molar-refractivity contribution in [2.45, 2.75) is 6.04 Å². The van der Waals surface area contributed by atoms with E-state index in [2.05, 4.69) is 31.1 Å². The standard InChI is InChI=1S/C21H23N7O8/c29-17-2-1-13(5-18(17)30)7-23-34-10-14(11-35-24-8-15-3-4-22-20(32)26-15)12-36-25-9-16-6-19(31)28-21(33)27-16/h1-9,14-15,29-30H,10-12H2,(H2,22,26,32)(H2,27,28,31,33)/b23-7+,24-8+,25-9+. The number of benzene rings is 1. The molecule has 0 aliphatic carbocycles. The Hall–Kier alpha value is -5.08. The zero-order valence-electron chi connectivity index (χ0n) is 18.7. The van der Waals surface area contributed by atoms with Crippen molar-refractivity contribution in [3.8, 4) is 11.5 Å². The Labute approximate surface area is 202 Å². The smallest absolute Gasteiger partial charge is 0.326 e. The van der Waals surface area contributed by atoms with Crippen LogP contribution in [0.3, 0.4) is 0 Å². The number of hydrogen-bond donors (Lipinski definition) is 6. The lowest BCUT2D eigenvalue weighted by Crippen LogP contribution is -2.43. The molecule has 190 valence electrons. The molecule has 0 bridgehead atoms. The van der Waals surface area contributed by atoms with E-state index in [-0.39, 0.29) is 43.0 Å². The molecule has 0 radical (unpaired) electrons. The van der Waals surface area contributed by atoms with Gasteiger partial charge in [-0.15, -0.1) is 0 Å². The summed E-state index contributed by atoms with van der Waals surface area (Å²) < 4.78 is 0. The van der Waals surface area contributed by atoms with E-state index in [9.17, 15) is 24.6 Å². The van der Waals surface area contributed by atoms with Crippen LogP contribution < -0.4 is 21.9 Å². The highest BCUT2D eigenvalue weighted by Crippen LogP contribution is 2.24. The maximum absolute atomic E-state index is 11.3. The van der Waals surface area contributed by atoms with Gasteiger partial charge in [0.2, 0.25) is 0 Å². The van der Waals surface area contributed by atoms with Crippen molar-refractivity contribution >= 4 is 24.7 Å². The molecule has 1 aromatic carbocycles. The summed E-state index contributed by atoms with van der Waals surface area (Å²) >= 11 is 0. The number of carbonyl (C=O) groups excluding carboxylic acids is 1. The minimum Gasteiger partial charge on any atom is -0.504 e. The van der Waals surface area contributed by atoms with Crippen LogP contribution in [0.25, 0.3) is 0 Å². The summed E-state index contributed by atoms with van der Waals surface area (Å²) in [6, 6.07) is 4.48. The van der Waals surface area contributed by atoms with Crippen molar-refractivity contribution in [1.82, 2.24) is 20.6 Å². The Morgan fingerprint density at radius 1 is 0.917 bits per heavy atom. The van der Waals surface area contributed by atoms with Crippen molar-refractivity contribution in [2.24, 2.45) is 21.4 Å². The zero-order valence-corrected chi connectivity index (χ0v) is 18.7. The van der Waals surface area contributed by atoms with Crippen LogP contribution >= 0.6 is 0 Å². The van der Waals surface area contributed by atoms with Crippen LogP contribution in [0, 0.1) is 5.92 Å². The highest BCUT2D eigenvalue weighted by Gasteiger charge is 2.13. The molecule has 1 aliphatic rings. The summed E-state index contributed by atoms with van der Waals surface area (Å²) in [5.41, 5.74) is -0.623. The van der Waals surface area contributed by atoms with Crippen molar-refractivity contribution in [2.75, 3.05) is 19.8 Å². The zero-order chi connectivity index (χ0) is 25.8. The van der Waals surface area contributed by atoms with Gasteiger partial charge in [-0.2, -0.15) is 0 Å². The molecule has 3 rings (SSSR count). The van der Waals surface area contributed by atoms with Gasteiger partial charge in [-0.05, 0) is 29.8 Å². The number of aromatic nitrogens is 2. The van der Waals surface area contributed by atoms with E-state index < -0.39 is 23.2 Å². The van der Waals surface area contributed by atoms with Crippen molar-refractivity contribution in [3.05, 3.63) is 68.6 Å². The second-order valence-electron chi connectivity index (χ2n) is 7.27. The van der Waals surface area contributed by atoms with Crippen LogP contribution in [0.4, 0.5) is 4.79 Å². The van der Waals surface area contributed by atoms with E-state index >= 15 is 0 Å². The molecule has 6 N–H and O–H groups in total. The number of aromatic hydroxyl groups is 2. The lowest BCUT2D eigenvalue weighted by Gasteiger charge is -2.15. The van der Waals surface area contributed by atoms with Crippen molar-refractivity contribution < 1.29 is 29.5 Å². The Morgan fingerprint density at radius 2 is 1.64 bits per heavy atom. The van der Waals surface area contributed by atoms with E-state index in [1.165, 1.54) is 36.8 Å². The molecule has 2 amide bonds. The van der Waals surface area contributed by atoms with E-state index in [4.69, 9.17) is 14.5 Å². The van der Waals surface area contributed by atoms with E-state index in [0.717, 1.165) is 12.3 Å². The highest BCUT2D eigenvalue weighted by molar-refractivity contribution is 5.82. The fourth-order valence-corrected chi connectivity index (χ4v) is 2.62. The number of urea groups is 1. The summed E-state index contributed by atoms with van der Waals surface area (Å²) in [4.78, 5) is 54.1. The molecule has 1 aliphatic heterocycles. The minimum atomic E-state index is -0.680. The van der Waals surface area contributed by atoms with Crippen LogP contribution in [-0.4, -0.2) is 70.7 Å². The fourth-order valence-electron chi connectivity index (χ4n) is 2.62. The van der Waals surface area contributed by atoms with Crippen LogP contribution in [0.5, 0.6) is 11.5 Å². The molecule has 1 aromatic heterocycles. The highest BCUT2D eigenvalue weighted by atomic mass is 16.7. The Balaban J connectivity index is 1.53. The monoisotopic (exact) mass is 501 g/mol. The van der Waals surface area contributed by atoms with Crippen molar-refractivity contribution in [3.63, 3.8) is 0 Å². The third-order valence-electron chi connectivity index (χ3n) is 4.37. The first-order valence-electron chi connectivity index (χ1n) is 10.4. The van der Waals surface area contributed by atoms with Gasteiger partial charge in [-0.1, -0.05) is 15.5 Å². The molecule has 0 saturated carbocycles. The molecule has 15 nitrogen and oxygen atoms in total. The Morgan fingerprint density at radius 3 is 2.33 bits per heavy atom. The summed E-state index contributed by atoms with van der Waals surface area (Å²) in [5.74, 6) is -0.968. The lowest BCUT2D eigenvalue weighted by atomic mass is 10.2. The summed E-state index contributed by atoms with van der Waals surface area (Å²) in [6.07, 6.45) is 7.04. The molecule has 2 heterocycles. The number of oxime groups is 3. The number of nitrogens with zero attached hydrogens (tertiary/aromatic N) is 3. The van der Waals surface area contributed by atoms with Gasteiger partial charge in [0.25, 0.3) is 5.56 Å². The third kappa shape index (κ3) is 8.69. The predicted octanol–water partition coefficient (Wildman–Crippen LogP) is -0.311. The van der Waals surface area contributed by atoms with E-state index in [1.54, 1.807) is 6.08 Å². The van der Waals surface area contributed by atoms with Gasteiger partial charge in [-0.3, -0.25) is 9.78 Å². The second-order valence-corrected chi connectivity index (χ2v) is 7.27. The largest absolute Gasteiger partial charge is 0.504 e. The molecule has 36 heavy (non-hydrogen) atoms. The molecular weight excluding hydrogens is 478 g/mol. The average molecular weight is 501 g/mol. The first kappa shape index (κ1) is 25.5. The van der Waals surface area contributed by atoms with Crippen LogP contribution in [0.2, 0.25) is 0 Å². The normalized spacial score (nSPS) is 16.2. The molecule has 0 saturated heterocycles. The topological polar surface area (TPSA) is 212 Å². The number of amides is 2. The molecule has 0 fully saturated rings. The predicted molar refractivity (Wildman–Crippen MR) is 127 cm³/mol. The molecule has 15 heteroatoms. The Kier molecular flexibility index (Phi) is 9.20. The second kappa shape index (κ2) is 13.0. The number of H-pyrrole nitrogens is 2. The van der Waals surface area contributed by atoms with Gasteiger partial charge in [0.05, 0.1) is 36.3 Å². The molecule has 2 unspecified atom stereocenters. The quantitative estimate of drug-likeness (QED) is 0.129. The van der Waals surface area contributed by atoms with Crippen LogP contribution in [0.15, 0.2) is 61.6 Å². The van der Waals surface area contributed by atoms with Gasteiger partial charge in [-0.25, -0.2) is 9.59 Å². The van der Waals surface area contributed by atoms with E-state index in [1.807, 2.05) is 4.98 Å². The molecule has 2 aromatic rings. The first-order valence-corrected chi connectivity index (χ1v) is 10.4. The summed E-state index contributed by atoms with van der Waals surface area (Å²) in [6.45, 7) is 0.0579. The van der Waals surface area contributed by atoms with Crippen LogP contribution in [0.1, 0.15) is 11.3 Å². The van der Waals surface area contributed by atoms with Gasteiger partial charge < -0.3 is 40.3 Å². The number of phenolic OH excluding ortho intramolecular Hbond substituents is 2. The van der Waals surface area contributed by atoms with Crippen LogP contribution in [-0.2, 0) is 14.5 Å². The number of nitrogens with one attached hydrogen (secondary N) is 4.